The van der Waals surface area contributed by atoms with Crippen molar-refractivity contribution >= 4 is 127 Å². The number of hydrogen-bond acceptors (Lipinski definition) is 7. The Morgan fingerprint density at radius 2 is 0.641 bits per heavy atom. The van der Waals surface area contributed by atoms with E-state index < -0.39 is 121 Å². The molecule has 19 nitrogen and oxygen atoms in total. The summed E-state index contributed by atoms with van der Waals surface area (Å²) in [6.07, 6.45) is 0. The number of anilines is 1. The topological polar surface area (TPSA) is 371 Å². The molecule has 31 heteroatoms. The van der Waals surface area contributed by atoms with E-state index in [4.69, 9.17) is 64.5 Å². The number of hydrogen-bond donors (Lipinski definition) is 13. The fourth-order valence-electron chi connectivity index (χ4n) is 0.774. The molecule has 0 aliphatic rings. The Labute approximate surface area is 247 Å². The van der Waals surface area contributed by atoms with Gasteiger partial charge in [0.1, 0.15) is 0 Å². The van der Waals surface area contributed by atoms with Gasteiger partial charge in [-0.15, -0.1) is 0 Å². The first-order valence-electron chi connectivity index (χ1n) is 7.54. The molecule has 0 aliphatic carbocycles. The minimum atomic E-state index is -5.85. The molecule has 0 unspecified atom stereocenters. The van der Waals surface area contributed by atoms with Gasteiger partial charge in [-0.3, -0.25) is 0 Å². The molecule has 0 saturated heterocycles. The molecule has 0 radical (unpaired) electrons. The standard InChI is InChI=1S/C8H11N.6FH.12H2O.6O.6Sb/c1-6-4-3-5-8(9)7(6)2;;;;;;;;;;;;;;;;;;;;;;;;;;;;;;/h3-5H,9H2,1-2H3;6*1H;12*1H2;;;;;;;;;;;;/q;;;;;;;;;;;;;;;;;;;;;;;;;6*+3/p-18. The zero-order valence-electron chi connectivity index (χ0n) is 18.6. The molecular weight excluding hydrogens is 1240 g/mol. The maximum atomic E-state index is 10.4. The first-order valence-corrected chi connectivity index (χ1v) is 33.3. The zero-order valence-corrected chi connectivity index (χ0v) is 33.9. The van der Waals surface area contributed by atoms with Crippen LogP contribution in [0.5, 0.6) is 0 Å². The average molecular weight is 1270 g/mol. The van der Waals surface area contributed by atoms with Gasteiger partial charge in [0.05, 0.1) is 0 Å². The molecular formula is C8H23F6NO18Sb6. The second kappa shape index (κ2) is 24.2. The fourth-order valence-corrected chi connectivity index (χ4v) is 0.774. The predicted octanol–water partition coefficient (Wildman–Crippen LogP) is -5.27. The van der Waals surface area contributed by atoms with Gasteiger partial charge >= 0.3 is 197 Å². The van der Waals surface area contributed by atoms with Crippen LogP contribution in [0.1, 0.15) is 11.1 Å². The normalized spacial score (nSPS) is 11.3. The molecule has 0 saturated carbocycles. The van der Waals surface area contributed by atoms with Crippen molar-refractivity contribution in [3.8, 4) is 0 Å². The van der Waals surface area contributed by atoms with Gasteiger partial charge in [0.15, 0.2) is 0 Å². The summed E-state index contributed by atoms with van der Waals surface area (Å²) in [5, 5.41) is 0. The van der Waals surface area contributed by atoms with Gasteiger partial charge in [0.2, 0.25) is 0 Å². The number of rotatable bonds is 0. The van der Waals surface area contributed by atoms with E-state index in [1.54, 1.807) is 0 Å². The Bertz CT molecular complexity index is 847. The van der Waals surface area contributed by atoms with Gasteiger partial charge in [-0.05, 0) is 31.0 Å². The van der Waals surface area contributed by atoms with E-state index in [1.165, 1.54) is 11.1 Å². The first kappa shape index (κ1) is 53.4. The van der Waals surface area contributed by atoms with Gasteiger partial charge in [-0.1, -0.05) is 12.1 Å². The molecule has 14 N–H and O–H groups in total. The van der Waals surface area contributed by atoms with Crippen LogP contribution in [0.25, 0.3) is 0 Å². The van der Waals surface area contributed by atoms with Crippen molar-refractivity contribution in [2.24, 2.45) is 0 Å². The van der Waals surface area contributed by atoms with Crippen LogP contribution in [0.4, 0.5) is 22.6 Å². The van der Waals surface area contributed by atoms with Crippen molar-refractivity contribution in [2.75, 3.05) is 5.73 Å². The Kier molecular flexibility index (Phi) is 33.1. The molecule has 1 aromatic carbocycles. The van der Waals surface area contributed by atoms with E-state index in [0.717, 1.165) is 5.69 Å². The molecule has 1 rings (SSSR count). The second-order valence-electron chi connectivity index (χ2n) is 5.13. The summed E-state index contributed by atoms with van der Waals surface area (Å²) in [7, 11) is 0. The van der Waals surface area contributed by atoms with Crippen molar-refractivity contribution in [3.05, 3.63) is 29.3 Å². The summed E-state index contributed by atoms with van der Waals surface area (Å²) in [5.74, 6) is 0. The zero-order chi connectivity index (χ0) is 33.9. The predicted molar refractivity (Wildman–Crippen MR) is 112 cm³/mol. The summed E-state index contributed by atoms with van der Waals surface area (Å²) in [6.45, 7) is 4.09. The number of nitrogen functional groups attached to an aromatic ring is 1. The molecule has 0 aliphatic heterocycles. The molecule has 0 aromatic heterocycles. The van der Waals surface area contributed by atoms with E-state index >= 15 is 0 Å². The van der Waals surface area contributed by atoms with Crippen LogP contribution in [-0.4, -0.2) is 162 Å². The minimum absolute atomic E-state index is 0.884. The Morgan fingerprint density at radius 3 is 0.744 bits per heavy atom. The van der Waals surface area contributed by atoms with E-state index in [-0.39, 0.29) is 0 Å². The van der Waals surface area contributed by atoms with Gasteiger partial charge in [-0.2, -0.15) is 0 Å². The molecule has 1 aromatic rings. The summed E-state index contributed by atoms with van der Waals surface area (Å²) in [4.78, 5) is 0. The number of nitrogens with two attached hydrogens (primary N) is 1. The summed E-state index contributed by atoms with van der Waals surface area (Å²) in [5.41, 5.74) is 8.96. The van der Waals surface area contributed by atoms with Crippen molar-refractivity contribution in [2.45, 2.75) is 13.8 Å². The van der Waals surface area contributed by atoms with Crippen LogP contribution in [0.15, 0.2) is 18.2 Å². The maximum absolute atomic E-state index is 10.4. The average Bonchev–Trinajstić information content (AvgIpc) is 2.42. The van der Waals surface area contributed by atoms with Crippen molar-refractivity contribution < 1.29 is 75.6 Å². The van der Waals surface area contributed by atoms with Crippen LogP contribution in [0.3, 0.4) is 0 Å². The van der Waals surface area contributed by atoms with Gasteiger partial charge in [0, 0.05) is 5.69 Å². The molecule has 0 spiro atoms. The molecule has 0 heterocycles. The third-order valence-corrected chi connectivity index (χ3v) is 1.65. The van der Waals surface area contributed by atoms with Crippen molar-refractivity contribution in [3.63, 3.8) is 0 Å². The van der Waals surface area contributed by atoms with Gasteiger partial charge in [-0.25, -0.2) is 0 Å². The Balaban J connectivity index is -0.0000000830. The number of halogens is 6. The molecule has 0 atom stereocenters. The van der Waals surface area contributed by atoms with E-state index in [0.29, 0.717) is 0 Å². The van der Waals surface area contributed by atoms with E-state index in [2.05, 4.69) is 13.0 Å². The number of benzene rings is 1. The molecule has 0 bridgehead atoms. The van der Waals surface area contributed by atoms with Crippen molar-refractivity contribution in [1.29, 1.82) is 0 Å². The van der Waals surface area contributed by atoms with Gasteiger partial charge < -0.3 is 5.73 Å². The fraction of sp³-hybridized carbons (Fsp3) is 0.250. The van der Waals surface area contributed by atoms with E-state index in [1.807, 2.05) is 19.1 Å². The third kappa shape index (κ3) is 227. The van der Waals surface area contributed by atoms with Crippen LogP contribution >= 0.6 is 0 Å². The quantitative estimate of drug-likeness (QED) is 0.0656. The van der Waals surface area contributed by atoms with Crippen LogP contribution in [0, 0.1) is 13.8 Å². The van der Waals surface area contributed by atoms with Crippen LogP contribution < -0.4 is 5.73 Å². The van der Waals surface area contributed by atoms with Crippen LogP contribution in [-0.2, 0) is 18.1 Å². The second-order valence-corrected chi connectivity index (χ2v) is 21.3. The van der Waals surface area contributed by atoms with E-state index in [9.17, 15) is 16.9 Å². The summed E-state index contributed by atoms with van der Waals surface area (Å²) < 4.78 is 200. The summed E-state index contributed by atoms with van der Waals surface area (Å²) >= 11 is -35.1. The molecule has 240 valence electrons. The SMILES string of the molecule is Cc1cccc(N)c1C.[O]=[Sb]([OH])([OH])[F].[O]=[Sb]([OH])([OH])[F].[O]=[Sb]([OH])([OH])[F].[O]=[Sb]([OH])([OH])[F].[O]=[Sb]([OH])([OH])[F].[O]=[Sb]([OH])([OH])[F]. The van der Waals surface area contributed by atoms with Crippen LogP contribution in [0.2, 0.25) is 0 Å². The van der Waals surface area contributed by atoms with Gasteiger partial charge in [0.25, 0.3) is 0 Å². The van der Waals surface area contributed by atoms with Crippen molar-refractivity contribution in [1.82, 2.24) is 0 Å². The Hall–Kier alpha value is 1.83. The third-order valence-electron chi connectivity index (χ3n) is 1.65. The molecule has 0 amide bonds. The Morgan fingerprint density at radius 1 is 0.487 bits per heavy atom. The molecule has 0 fully saturated rings. The molecule has 39 heavy (non-hydrogen) atoms. The first-order chi connectivity index (χ1) is 16.2. The monoisotopic (exact) mass is 1260 g/mol. The summed E-state index contributed by atoms with van der Waals surface area (Å²) in [6, 6.07) is 5.95. The number of aryl methyl sites for hydroxylation is 1.